The van der Waals surface area contributed by atoms with Gasteiger partial charge in [-0.05, 0) is 17.5 Å². The highest BCUT2D eigenvalue weighted by atomic mass is 15.2. The van der Waals surface area contributed by atoms with Gasteiger partial charge in [0, 0.05) is 47.7 Å². The van der Waals surface area contributed by atoms with E-state index in [1.807, 2.05) is 68.1 Å². The van der Waals surface area contributed by atoms with Gasteiger partial charge in [-0.1, -0.05) is 60.7 Å². The highest BCUT2D eigenvalue weighted by Crippen LogP contribution is 2.30. The number of aliphatic imine (C=N–C) groups is 1. The van der Waals surface area contributed by atoms with Crippen molar-refractivity contribution in [3.05, 3.63) is 109 Å². The molecule has 5 nitrogen and oxygen atoms in total. The molecule has 0 bridgehead atoms. The normalized spacial score (nSPS) is 10.8. The van der Waals surface area contributed by atoms with Crippen LogP contribution in [0.5, 0.6) is 0 Å². The third-order valence-corrected chi connectivity index (χ3v) is 4.93. The third kappa shape index (κ3) is 3.49. The Morgan fingerprint density at radius 1 is 0.867 bits per heavy atom. The topological polar surface area (TPSA) is 56.0 Å². The summed E-state index contributed by atoms with van der Waals surface area (Å²) in [6.07, 6.45) is 7.39. The maximum Gasteiger partial charge on any atom is 0.162 e. The smallest absolute Gasteiger partial charge is 0.162 e. The lowest BCUT2D eigenvalue weighted by Gasteiger charge is -2.10. The molecule has 3 heterocycles. The Kier molecular flexibility index (Phi) is 4.62. The van der Waals surface area contributed by atoms with Crippen LogP contribution in [-0.4, -0.2) is 25.5 Å². The molecule has 0 fully saturated rings. The number of rotatable bonds is 4. The lowest BCUT2D eigenvalue weighted by molar-refractivity contribution is 0.768. The largest absolute Gasteiger partial charge is 0.275 e. The first-order valence-electron chi connectivity index (χ1n) is 9.71. The highest BCUT2D eigenvalue weighted by molar-refractivity contribution is 6.14. The van der Waals surface area contributed by atoms with Gasteiger partial charge < -0.3 is 0 Å². The summed E-state index contributed by atoms with van der Waals surface area (Å²) in [5.74, 6) is 0.641. The molecule has 0 saturated carbocycles. The molecule has 5 aromatic rings. The Bertz CT molecular complexity index is 1300. The second-order valence-corrected chi connectivity index (χ2v) is 7.02. The second-order valence-electron chi connectivity index (χ2n) is 7.02. The van der Waals surface area contributed by atoms with Crippen LogP contribution in [-0.2, 0) is 7.05 Å². The van der Waals surface area contributed by atoms with Crippen molar-refractivity contribution in [1.29, 1.82) is 0 Å². The Hall–Kier alpha value is -4.12. The molecule has 5 heteroatoms. The predicted molar refractivity (Wildman–Crippen MR) is 120 cm³/mol. The van der Waals surface area contributed by atoms with Crippen LogP contribution in [0.1, 0.15) is 11.1 Å². The van der Waals surface area contributed by atoms with Gasteiger partial charge in [-0.2, -0.15) is 5.10 Å². The van der Waals surface area contributed by atoms with E-state index in [9.17, 15) is 0 Å². The molecule has 0 amide bonds. The average molecular weight is 389 g/mol. The summed E-state index contributed by atoms with van der Waals surface area (Å²) in [4.78, 5) is 14.3. The molecular formula is C25H19N5. The van der Waals surface area contributed by atoms with E-state index in [0.717, 1.165) is 38.9 Å². The van der Waals surface area contributed by atoms with Crippen molar-refractivity contribution in [2.24, 2.45) is 12.0 Å². The highest BCUT2D eigenvalue weighted by Gasteiger charge is 2.12. The van der Waals surface area contributed by atoms with Gasteiger partial charge in [0.15, 0.2) is 5.82 Å². The van der Waals surface area contributed by atoms with Gasteiger partial charge in [-0.15, -0.1) is 0 Å². The first-order chi connectivity index (χ1) is 14.8. The molecule has 5 rings (SSSR count). The van der Waals surface area contributed by atoms with Gasteiger partial charge in [0.2, 0.25) is 0 Å². The van der Waals surface area contributed by atoms with E-state index in [1.54, 1.807) is 10.9 Å². The minimum atomic E-state index is 0.641. The van der Waals surface area contributed by atoms with Gasteiger partial charge in [0.1, 0.15) is 0 Å². The Morgan fingerprint density at radius 2 is 1.57 bits per heavy atom. The van der Waals surface area contributed by atoms with Crippen molar-refractivity contribution >= 4 is 22.3 Å². The van der Waals surface area contributed by atoms with E-state index in [0.29, 0.717) is 5.82 Å². The number of pyridine rings is 2. The van der Waals surface area contributed by atoms with E-state index in [4.69, 9.17) is 9.98 Å². The quantitative estimate of drug-likeness (QED) is 0.397. The standard InChI is InChI=1S/C25H19N5/c1-30-17-21(15-27-30)23-14-20-12-13-26-16-22(20)25(28-23)29-24(18-8-4-2-5-9-18)19-10-6-3-7-11-19/h2-17H,1H3. The maximum atomic E-state index is 5.06. The van der Waals surface area contributed by atoms with E-state index >= 15 is 0 Å². The first kappa shape index (κ1) is 17.9. The third-order valence-electron chi connectivity index (χ3n) is 4.93. The van der Waals surface area contributed by atoms with Crippen molar-refractivity contribution in [2.75, 3.05) is 0 Å². The molecule has 0 aliphatic carbocycles. The summed E-state index contributed by atoms with van der Waals surface area (Å²) in [7, 11) is 1.90. The molecule has 0 aliphatic rings. The molecular weight excluding hydrogens is 370 g/mol. The first-order valence-corrected chi connectivity index (χ1v) is 9.71. The van der Waals surface area contributed by atoms with E-state index in [-0.39, 0.29) is 0 Å². The molecule has 0 spiro atoms. The number of benzene rings is 2. The summed E-state index contributed by atoms with van der Waals surface area (Å²) in [5, 5.41) is 6.24. The molecule has 3 aromatic heterocycles. The molecule has 30 heavy (non-hydrogen) atoms. The minimum Gasteiger partial charge on any atom is -0.275 e. The van der Waals surface area contributed by atoms with Gasteiger partial charge in [-0.3, -0.25) is 9.67 Å². The fourth-order valence-electron chi connectivity index (χ4n) is 3.45. The summed E-state index contributed by atoms with van der Waals surface area (Å²) >= 11 is 0. The fraction of sp³-hybridized carbons (Fsp3) is 0.0400. The number of nitrogens with zero attached hydrogens (tertiary/aromatic N) is 5. The number of fused-ring (bicyclic) bond motifs is 1. The van der Waals surface area contributed by atoms with E-state index in [2.05, 4.69) is 40.4 Å². The van der Waals surface area contributed by atoms with Crippen molar-refractivity contribution < 1.29 is 0 Å². The van der Waals surface area contributed by atoms with Crippen LogP contribution in [0, 0.1) is 0 Å². The molecule has 0 aliphatic heterocycles. The zero-order valence-corrected chi connectivity index (χ0v) is 16.5. The maximum absolute atomic E-state index is 5.06. The van der Waals surface area contributed by atoms with Crippen LogP contribution in [0.3, 0.4) is 0 Å². The molecule has 2 aromatic carbocycles. The minimum absolute atomic E-state index is 0.641. The summed E-state index contributed by atoms with van der Waals surface area (Å²) in [6.45, 7) is 0. The predicted octanol–water partition coefficient (Wildman–Crippen LogP) is 5.20. The Balaban J connectivity index is 1.76. The lowest BCUT2D eigenvalue weighted by atomic mass is 10.0. The number of aromatic nitrogens is 4. The zero-order chi connectivity index (χ0) is 20.3. The lowest BCUT2D eigenvalue weighted by Crippen LogP contribution is -2.03. The van der Waals surface area contributed by atoms with Crippen LogP contribution in [0.15, 0.2) is 103 Å². The number of hydrogen-bond donors (Lipinski definition) is 0. The molecule has 0 atom stereocenters. The van der Waals surface area contributed by atoms with Crippen molar-refractivity contribution in [1.82, 2.24) is 19.7 Å². The summed E-state index contributed by atoms with van der Waals surface area (Å²) in [6, 6.07) is 24.4. The zero-order valence-electron chi connectivity index (χ0n) is 16.5. The van der Waals surface area contributed by atoms with Crippen LogP contribution in [0.4, 0.5) is 5.82 Å². The van der Waals surface area contributed by atoms with Gasteiger partial charge >= 0.3 is 0 Å². The summed E-state index contributed by atoms with van der Waals surface area (Å²) in [5.41, 5.74) is 4.73. The Labute approximate surface area is 174 Å². The van der Waals surface area contributed by atoms with Gasteiger partial charge in [-0.25, -0.2) is 9.98 Å². The van der Waals surface area contributed by atoms with Crippen LogP contribution in [0.2, 0.25) is 0 Å². The average Bonchev–Trinajstić information content (AvgIpc) is 3.24. The van der Waals surface area contributed by atoms with Crippen LogP contribution < -0.4 is 0 Å². The molecule has 0 N–H and O–H groups in total. The number of aryl methyl sites for hydroxylation is 1. The van der Waals surface area contributed by atoms with Gasteiger partial charge in [0.25, 0.3) is 0 Å². The molecule has 0 unspecified atom stereocenters. The van der Waals surface area contributed by atoms with Gasteiger partial charge in [0.05, 0.1) is 17.6 Å². The van der Waals surface area contributed by atoms with Crippen molar-refractivity contribution in [3.63, 3.8) is 0 Å². The number of hydrogen-bond acceptors (Lipinski definition) is 4. The van der Waals surface area contributed by atoms with Crippen LogP contribution in [0.25, 0.3) is 22.0 Å². The van der Waals surface area contributed by atoms with Crippen LogP contribution >= 0.6 is 0 Å². The molecule has 0 radical (unpaired) electrons. The van der Waals surface area contributed by atoms with E-state index < -0.39 is 0 Å². The van der Waals surface area contributed by atoms with Crippen molar-refractivity contribution in [2.45, 2.75) is 0 Å². The SMILES string of the molecule is Cn1cc(-c2cc3ccncc3c(N=C(c3ccccc3)c3ccccc3)n2)cn1. The molecule has 0 saturated heterocycles. The fourth-order valence-corrected chi connectivity index (χ4v) is 3.45. The Morgan fingerprint density at radius 3 is 2.20 bits per heavy atom. The summed E-state index contributed by atoms with van der Waals surface area (Å²) < 4.78 is 1.77. The van der Waals surface area contributed by atoms with E-state index in [1.165, 1.54) is 0 Å². The second kappa shape index (κ2) is 7.72. The molecule has 144 valence electrons. The monoisotopic (exact) mass is 389 g/mol. The van der Waals surface area contributed by atoms with Crippen molar-refractivity contribution in [3.8, 4) is 11.3 Å².